The Hall–Kier alpha value is -2.70. The Morgan fingerprint density at radius 2 is 1.85 bits per heavy atom. The van der Waals surface area contributed by atoms with Gasteiger partial charge < -0.3 is 14.5 Å². The molecule has 0 unspecified atom stereocenters. The highest BCUT2D eigenvalue weighted by molar-refractivity contribution is 5.79. The van der Waals surface area contributed by atoms with E-state index in [0.29, 0.717) is 51.0 Å². The fraction of sp³-hybridized carbons (Fsp3) is 0.450. The SMILES string of the molecule is CC(C)COc1cc(N2CCN(C(=O)Cc3ccc(F)cc3)CC2)ncn1. The predicted octanol–water partition coefficient (Wildman–Crippen LogP) is 2.54. The molecule has 6 nitrogen and oxygen atoms in total. The van der Waals surface area contributed by atoms with Crippen LogP contribution in [0, 0.1) is 11.7 Å². The summed E-state index contributed by atoms with van der Waals surface area (Å²) in [6, 6.07) is 7.92. The second-order valence-corrected chi connectivity index (χ2v) is 7.09. The van der Waals surface area contributed by atoms with Crippen LogP contribution in [-0.4, -0.2) is 53.6 Å². The molecule has 2 aromatic rings. The van der Waals surface area contributed by atoms with Gasteiger partial charge in [0.1, 0.15) is 18.0 Å². The van der Waals surface area contributed by atoms with Crippen molar-refractivity contribution in [2.45, 2.75) is 20.3 Å². The fourth-order valence-electron chi connectivity index (χ4n) is 2.91. The van der Waals surface area contributed by atoms with E-state index >= 15 is 0 Å². The van der Waals surface area contributed by atoms with Gasteiger partial charge in [0, 0.05) is 32.2 Å². The molecule has 1 aliphatic rings. The number of rotatable bonds is 6. The highest BCUT2D eigenvalue weighted by Gasteiger charge is 2.22. The molecule has 1 aromatic carbocycles. The van der Waals surface area contributed by atoms with Gasteiger partial charge in [0.05, 0.1) is 13.0 Å². The van der Waals surface area contributed by atoms with E-state index in [-0.39, 0.29) is 11.7 Å². The van der Waals surface area contributed by atoms with Crippen LogP contribution >= 0.6 is 0 Å². The van der Waals surface area contributed by atoms with Gasteiger partial charge in [-0.25, -0.2) is 14.4 Å². The van der Waals surface area contributed by atoms with Crippen molar-refractivity contribution >= 4 is 11.7 Å². The molecule has 3 rings (SSSR count). The minimum atomic E-state index is -0.290. The highest BCUT2D eigenvalue weighted by atomic mass is 19.1. The number of amides is 1. The largest absolute Gasteiger partial charge is 0.477 e. The van der Waals surface area contributed by atoms with E-state index in [2.05, 4.69) is 28.7 Å². The van der Waals surface area contributed by atoms with Gasteiger partial charge in [-0.3, -0.25) is 4.79 Å². The molecule has 2 heterocycles. The Morgan fingerprint density at radius 1 is 1.15 bits per heavy atom. The van der Waals surface area contributed by atoms with Crippen LogP contribution in [0.4, 0.5) is 10.2 Å². The third kappa shape index (κ3) is 5.39. The van der Waals surface area contributed by atoms with Gasteiger partial charge in [0.25, 0.3) is 0 Å². The molecule has 0 bridgehead atoms. The lowest BCUT2D eigenvalue weighted by Gasteiger charge is -2.35. The number of aromatic nitrogens is 2. The maximum absolute atomic E-state index is 13.0. The molecule has 1 saturated heterocycles. The lowest BCUT2D eigenvalue weighted by molar-refractivity contribution is -0.130. The maximum Gasteiger partial charge on any atom is 0.227 e. The Balaban J connectivity index is 1.53. The third-order valence-electron chi connectivity index (χ3n) is 4.42. The summed E-state index contributed by atoms with van der Waals surface area (Å²) in [4.78, 5) is 24.9. The molecule has 0 N–H and O–H groups in total. The number of ether oxygens (including phenoxy) is 1. The number of carbonyl (C=O) groups excluding carboxylic acids is 1. The summed E-state index contributed by atoms with van der Waals surface area (Å²) in [6.07, 6.45) is 1.80. The molecular weight excluding hydrogens is 347 g/mol. The first kappa shape index (κ1) is 19.1. The van der Waals surface area contributed by atoms with Crippen molar-refractivity contribution in [3.8, 4) is 5.88 Å². The van der Waals surface area contributed by atoms with Crippen molar-refractivity contribution in [2.24, 2.45) is 5.92 Å². The standard InChI is InChI=1S/C20H25FN4O2/c1-15(2)13-27-19-12-18(22-14-23-19)24-7-9-25(10-8-24)20(26)11-16-3-5-17(21)6-4-16/h3-6,12,14-15H,7-11,13H2,1-2H3. The zero-order valence-corrected chi connectivity index (χ0v) is 15.8. The van der Waals surface area contributed by atoms with Crippen molar-refractivity contribution in [1.29, 1.82) is 0 Å². The van der Waals surface area contributed by atoms with E-state index < -0.39 is 0 Å². The van der Waals surface area contributed by atoms with Crippen molar-refractivity contribution < 1.29 is 13.9 Å². The van der Waals surface area contributed by atoms with Gasteiger partial charge in [-0.15, -0.1) is 0 Å². The number of hydrogen-bond donors (Lipinski definition) is 0. The summed E-state index contributed by atoms with van der Waals surface area (Å²) in [7, 11) is 0. The molecule has 0 aliphatic carbocycles. The quantitative estimate of drug-likeness (QED) is 0.780. The van der Waals surface area contributed by atoms with Gasteiger partial charge in [-0.1, -0.05) is 26.0 Å². The minimum absolute atomic E-state index is 0.0601. The molecule has 0 spiro atoms. The van der Waals surface area contributed by atoms with Crippen LogP contribution in [0.25, 0.3) is 0 Å². The molecule has 1 fully saturated rings. The fourth-order valence-corrected chi connectivity index (χ4v) is 2.91. The predicted molar refractivity (Wildman–Crippen MR) is 101 cm³/mol. The first-order chi connectivity index (χ1) is 13.0. The Morgan fingerprint density at radius 3 is 2.52 bits per heavy atom. The number of anilines is 1. The second kappa shape index (κ2) is 8.79. The number of halogens is 1. The first-order valence-corrected chi connectivity index (χ1v) is 9.23. The van der Waals surface area contributed by atoms with Crippen molar-refractivity contribution in [3.05, 3.63) is 48.0 Å². The molecule has 0 saturated carbocycles. The molecule has 1 aliphatic heterocycles. The summed E-state index contributed by atoms with van der Waals surface area (Å²) in [5.74, 6) is 1.59. The number of carbonyl (C=O) groups is 1. The first-order valence-electron chi connectivity index (χ1n) is 9.23. The zero-order chi connectivity index (χ0) is 19.2. The smallest absolute Gasteiger partial charge is 0.227 e. The molecular formula is C20H25FN4O2. The Labute approximate surface area is 159 Å². The maximum atomic E-state index is 13.0. The monoisotopic (exact) mass is 372 g/mol. The number of hydrogen-bond acceptors (Lipinski definition) is 5. The van der Waals surface area contributed by atoms with E-state index in [4.69, 9.17) is 4.74 Å². The number of nitrogens with zero attached hydrogens (tertiary/aromatic N) is 4. The highest BCUT2D eigenvalue weighted by Crippen LogP contribution is 2.18. The molecule has 1 aromatic heterocycles. The molecule has 27 heavy (non-hydrogen) atoms. The summed E-state index contributed by atoms with van der Waals surface area (Å²) in [5, 5.41) is 0. The Kier molecular flexibility index (Phi) is 6.21. The van der Waals surface area contributed by atoms with Gasteiger partial charge in [0.15, 0.2) is 0 Å². The lowest BCUT2D eigenvalue weighted by Crippen LogP contribution is -2.49. The van der Waals surface area contributed by atoms with Crippen LogP contribution in [0.3, 0.4) is 0 Å². The second-order valence-electron chi connectivity index (χ2n) is 7.09. The molecule has 0 atom stereocenters. The molecule has 1 amide bonds. The van der Waals surface area contributed by atoms with Crippen LogP contribution in [-0.2, 0) is 11.2 Å². The van der Waals surface area contributed by atoms with Crippen LogP contribution in [0.15, 0.2) is 36.7 Å². The normalized spacial score (nSPS) is 14.5. The van der Waals surface area contributed by atoms with E-state index in [0.717, 1.165) is 11.4 Å². The van der Waals surface area contributed by atoms with Crippen molar-refractivity contribution in [2.75, 3.05) is 37.7 Å². The van der Waals surface area contributed by atoms with Crippen molar-refractivity contribution in [1.82, 2.24) is 14.9 Å². The van der Waals surface area contributed by atoms with Crippen LogP contribution in [0.1, 0.15) is 19.4 Å². The summed E-state index contributed by atoms with van der Waals surface area (Å²) >= 11 is 0. The van der Waals surface area contributed by atoms with Crippen LogP contribution in [0.2, 0.25) is 0 Å². The van der Waals surface area contributed by atoms with Gasteiger partial charge in [-0.2, -0.15) is 0 Å². The van der Waals surface area contributed by atoms with Crippen LogP contribution < -0.4 is 9.64 Å². The van der Waals surface area contributed by atoms with Gasteiger partial charge in [0.2, 0.25) is 11.8 Å². The Bertz CT molecular complexity index is 759. The van der Waals surface area contributed by atoms with Crippen molar-refractivity contribution in [3.63, 3.8) is 0 Å². The summed E-state index contributed by atoms with van der Waals surface area (Å²) in [6.45, 7) is 7.46. The van der Waals surface area contributed by atoms with E-state index in [1.807, 2.05) is 11.0 Å². The number of piperazine rings is 1. The van der Waals surface area contributed by atoms with E-state index in [1.165, 1.54) is 18.5 Å². The summed E-state index contributed by atoms with van der Waals surface area (Å²) in [5.41, 5.74) is 0.826. The van der Waals surface area contributed by atoms with E-state index in [9.17, 15) is 9.18 Å². The molecule has 7 heteroatoms. The van der Waals surface area contributed by atoms with Crippen LogP contribution in [0.5, 0.6) is 5.88 Å². The average Bonchev–Trinajstić information content (AvgIpc) is 2.68. The number of benzene rings is 1. The topological polar surface area (TPSA) is 58.6 Å². The minimum Gasteiger partial charge on any atom is -0.477 e. The molecule has 144 valence electrons. The van der Waals surface area contributed by atoms with Gasteiger partial charge in [-0.05, 0) is 23.6 Å². The third-order valence-corrected chi connectivity index (χ3v) is 4.42. The lowest BCUT2D eigenvalue weighted by atomic mass is 10.1. The summed E-state index contributed by atoms with van der Waals surface area (Å²) < 4.78 is 18.6. The van der Waals surface area contributed by atoms with Gasteiger partial charge >= 0.3 is 0 Å². The zero-order valence-electron chi connectivity index (χ0n) is 15.8. The van der Waals surface area contributed by atoms with E-state index in [1.54, 1.807) is 12.1 Å². The molecule has 0 radical (unpaired) electrons. The average molecular weight is 372 g/mol.